The van der Waals surface area contributed by atoms with Gasteiger partial charge < -0.3 is 14.4 Å². The molecule has 1 heterocycles. The van der Waals surface area contributed by atoms with Gasteiger partial charge in [0.15, 0.2) is 0 Å². The van der Waals surface area contributed by atoms with Crippen molar-refractivity contribution in [1.29, 1.82) is 0 Å². The molecular formula is C9H15F2NO3. The standard InChI is InChI=1S/C9H15F2NO3/c1-6-3-12(4-7(2)15-6)8(13)5-14-9(10)11/h6-7,9H,3-5H2,1-2H3/t6-,7+. The number of carbonyl (C=O) groups is 1. The smallest absolute Gasteiger partial charge is 0.345 e. The van der Waals surface area contributed by atoms with Crippen LogP contribution in [-0.4, -0.2) is 49.3 Å². The molecule has 2 atom stereocenters. The third-order valence-electron chi connectivity index (χ3n) is 2.11. The minimum Gasteiger partial charge on any atom is -0.372 e. The van der Waals surface area contributed by atoms with Crippen molar-refractivity contribution in [3.63, 3.8) is 0 Å². The van der Waals surface area contributed by atoms with Gasteiger partial charge >= 0.3 is 6.61 Å². The van der Waals surface area contributed by atoms with Crippen LogP contribution in [0.3, 0.4) is 0 Å². The van der Waals surface area contributed by atoms with Crippen molar-refractivity contribution in [3.8, 4) is 0 Å². The zero-order valence-electron chi connectivity index (χ0n) is 8.78. The Kier molecular flexibility index (Phi) is 4.41. The highest BCUT2D eigenvalue weighted by atomic mass is 19.3. The first-order chi connectivity index (χ1) is 6.99. The number of halogens is 2. The van der Waals surface area contributed by atoms with Crippen molar-refractivity contribution in [2.75, 3.05) is 19.7 Å². The Balaban J connectivity index is 2.38. The molecule has 6 heteroatoms. The Morgan fingerprint density at radius 1 is 1.47 bits per heavy atom. The van der Waals surface area contributed by atoms with E-state index in [0.29, 0.717) is 13.1 Å². The largest absolute Gasteiger partial charge is 0.372 e. The lowest BCUT2D eigenvalue weighted by Gasteiger charge is -2.35. The maximum atomic E-state index is 11.7. The molecule has 0 unspecified atom stereocenters. The molecule has 0 aromatic carbocycles. The van der Waals surface area contributed by atoms with Crippen LogP contribution in [0.5, 0.6) is 0 Å². The first kappa shape index (κ1) is 12.3. The average Bonchev–Trinajstić information content (AvgIpc) is 2.12. The van der Waals surface area contributed by atoms with Crippen LogP contribution >= 0.6 is 0 Å². The average molecular weight is 223 g/mol. The molecule has 0 aromatic rings. The van der Waals surface area contributed by atoms with E-state index in [1.807, 2.05) is 13.8 Å². The summed E-state index contributed by atoms with van der Waals surface area (Å²) in [5, 5.41) is 0. The van der Waals surface area contributed by atoms with Crippen LogP contribution in [0.25, 0.3) is 0 Å². The molecular weight excluding hydrogens is 208 g/mol. The SMILES string of the molecule is C[C@@H]1CN(C(=O)COC(F)F)C[C@H](C)O1. The van der Waals surface area contributed by atoms with Crippen LogP contribution in [0.4, 0.5) is 8.78 Å². The van der Waals surface area contributed by atoms with Gasteiger partial charge in [-0.15, -0.1) is 0 Å². The summed E-state index contributed by atoms with van der Waals surface area (Å²) in [5.41, 5.74) is 0. The minimum absolute atomic E-state index is 0.0655. The molecule has 1 aliphatic rings. The fraction of sp³-hybridized carbons (Fsp3) is 0.889. The van der Waals surface area contributed by atoms with Crippen LogP contribution in [0.15, 0.2) is 0 Å². The predicted octanol–water partition coefficient (Wildman–Crippen LogP) is 0.861. The number of alkyl halides is 2. The second kappa shape index (κ2) is 5.37. The molecule has 0 spiro atoms. The molecule has 4 nitrogen and oxygen atoms in total. The molecule has 15 heavy (non-hydrogen) atoms. The van der Waals surface area contributed by atoms with E-state index >= 15 is 0 Å². The summed E-state index contributed by atoms with van der Waals surface area (Å²) in [7, 11) is 0. The molecule has 1 fully saturated rings. The minimum atomic E-state index is -2.90. The zero-order chi connectivity index (χ0) is 11.4. The van der Waals surface area contributed by atoms with E-state index in [0.717, 1.165) is 0 Å². The van der Waals surface area contributed by atoms with Gasteiger partial charge in [0, 0.05) is 13.1 Å². The summed E-state index contributed by atoms with van der Waals surface area (Å²) in [6, 6.07) is 0. The zero-order valence-corrected chi connectivity index (χ0v) is 8.78. The molecule has 1 aliphatic heterocycles. The number of morpholine rings is 1. The van der Waals surface area contributed by atoms with E-state index in [4.69, 9.17) is 4.74 Å². The summed E-state index contributed by atoms with van der Waals surface area (Å²) in [4.78, 5) is 12.9. The first-order valence-corrected chi connectivity index (χ1v) is 4.82. The third-order valence-corrected chi connectivity index (χ3v) is 2.11. The Bertz CT molecular complexity index is 215. The lowest BCUT2D eigenvalue weighted by molar-refractivity contribution is -0.167. The van der Waals surface area contributed by atoms with Gasteiger partial charge in [-0.25, -0.2) is 0 Å². The van der Waals surface area contributed by atoms with Crippen LogP contribution < -0.4 is 0 Å². The molecule has 0 aromatic heterocycles. The van der Waals surface area contributed by atoms with Crippen molar-refractivity contribution in [2.45, 2.75) is 32.7 Å². The third kappa shape index (κ3) is 4.09. The van der Waals surface area contributed by atoms with Crippen molar-refractivity contribution in [2.24, 2.45) is 0 Å². The van der Waals surface area contributed by atoms with Gasteiger partial charge in [0.2, 0.25) is 5.91 Å². The van der Waals surface area contributed by atoms with Gasteiger partial charge in [-0.05, 0) is 13.8 Å². The van der Waals surface area contributed by atoms with E-state index in [-0.39, 0.29) is 12.2 Å². The van der Waals surface area contributed by atoms with Crippen molar-refractivity contribution >= 4 is 5.91 Å². The fourth-order valence-electron chi connectivity index (χ4n) is 1.61. The van der Waals surface area contributed by atoms with Crippen LogP contribution in [-0.2, 0) is 14.3 Å². The Morgan fingerprint density at radius 3 is 2.47 bits per heavy atom. The van der Waals surface area contributed by atoms with E-state index < -0.39 is 19.1 Å². The highest BCUT2D eigenvalue weighted by molar-refractivity contribution is 5.77. The maximum absolute atomic E-state index is 11.7. The summed E-state index contributed by atoms with van der Waals surface area (Å²) in [6.45, 7) is 1.06. The van der Waals surface area contributed by atoms with Crippen molar-refractivity contribution in [3.05, 3.63) is 0 Å². The Hall–Kier alpha value is -0.750. The van der Waals surface area contributed by atoms with Crippen LogP contribution in [0, 0.1) is 0 Å². The molecule has 1 rings (SSSR count). The normalized spacial score (nSPS) is 27.1. The summed E-state index contributed by atoms with van der Waals surface area (Å²) < 4.78 is 32.8. The van der Waals surface area contributed by atoms with Gasteiger partial charge in [0.25, 0.3) is 0 Å². The topological polar surface area (TPSA) is 38.8 Å². The maximum Gasteiger partial charge on any atom is 0.345 e. The van der Waals surface area contributed by atoms with E-state index in [1.165, 1.54) is 4.90 Å². The molecule has 0 bridgehead atoms. The molecule has 0 aliphatic carbocycles. The lowest BCUT2D eigenvalue weighted by Crippen LogP contribution is -2.49. The van der Waals surface area contributed by atoms with Crippen LogP contribution in [0.2, 0.25) is 0 Å². The summed E-state index contributed by atoms with van der Waals surface area (Å²) in [5.74, 6) is -0.419. The van der Waals surface area contributed by atoms with Gasteiger partial charge in [0.05, 0.1) is 12.2 Å². The van der Waals surface area contributed by atoms with Gasteiger partial charge in [-0.2, -0.15) is 8.78 Å². The first-order valence-electron chi connectivity index (χ1n) is 4.82. The monoisotopic (exact) mass is 223 g/mol. The highest BCUT2D eigenvalue weighted by Crippen LogP contribution is 2.11. The van der Waals surface area contributed by atoms with E-state index in [2.05, 4.69) is 4.74 Å². The van der Waals surface area contributed by atoms with Gasteiger partial charge in [-0.1, -0.05) is 0 Å². The second-order valence-electron chi connectivity index (χ2n) is 3.63. The number of hydrogen-bond acceptors (Lipinski definition) is 3. The molecule has 1 saturated heterocycles. The Morgan fingerprint density at radius 2 is 2.00 bits per heavy atom. The van der Waals surface area contributed by atoms with Crippen LogP contribution in [0.1, 0.15) is 13.8 Å². The van der Waals surface area contributed by atoms with Gasteiger partial charge in [-0.3, -0.25) is 4.79 Å². The Labute approximate surface area is 87.1 Å². The fourth-order valence-corrected chi connectivity index (χ4v) is 1.61. The number of nitrogens with zero attached hydrogens (tertiary/aromatic N) is 1. The van der Waals surface area contributed by atoms with Crippen molar-refractivity contribution in [1.82, 2.24) is 4.90 Å². The molecule has 1 amide bonds. The number of amides is 1. The number of ether oxygens (including phenoxy) is 2. The molecule has 88 valence electrons. The highest BCUT2D eigenvalue weighted by Gasteiger charge is 2.26. The molecule has 0 saturated carbocycles. The quantitative estimate of drug-likeness (QED) is 0.712. The van der Waals surface area contributed by atoms with E-state index in [9.17, 15) is 13.6 Å². The number of rotatable bonds is 3. The molecule has 0 radical (unpaired) electrons. The predicted molar refractivity (Wildman–Crippen MR) is 48.5 cm³/mol. The number of hydrogen-bond donors (Lipinski definition) is 0. The second-order valence-corrected chi connectivity index (χ2v) is 3.63. The summed E-state index contributed by atoms with van der Waals surface area (Å²) in [6.07, 6.45) is -0.131. The summed E-state index contributed by atoms with van der Waals surface area (Å²) >= 11 is 0. The van der Waals surface area contributed by atoms with Gasteiger partial charge in [0.1, 0.15) is 6.61 Å². The van der Waals surface area contributed by atoms with Crippen molar-refractivity contribution < 1.29 is 23.0 Å². The number of carbonyl (C=O) groups excluding carboxylic acids is 1. The van der Waals surface area contributed by atoms with E-state index in [1.54, 1.807) is 0 Å². The molecule has 0 N–H and O–H groups in total. The lowest BCUT2D eigenvalue weighted by atomic mass is 10.2.